The van der Waals surface area contributed by atoms with E-state index in [-0.39, 0.29) is 24.2 Å². The molecule has 2 aliphatic heterocycles. The zero-order valence-electron chi connectivity index (χ0n) is 18.9. The van der Waals surface area contributed by atoms with Crippen LogP contribution < -0.4 is 10.2 Å². The van der Waals surface area contributed by atoms with Crippen LogP contribution in [-0.2, 0) is 14.1 Å². The number of benzene rings is 1. The van der Waals surface area contributed by atoms with Gasteiger partial charge >= 0.3 is 7.12 Å². The third-order valence-corrected chi connectivity index (χ3v) is 6.57. The highest BCUT2D eigenvalue weighted by Gasteiger charge is 2.51. The maximum atomic E-state index is 11.7. The minimum absolute atomic E-state index is 0.154. The Labute approximate surface area is 175 Å². The van der Waals surface area contributed by atoms with Gasteiger partial charge in [0.05, 0.1) is 11.2 Å². The molecule has 2 saturated heterocycles. The van der Waals surface area contributed by atoms with Gasteiger partial charge in [-0.2, -0.15) is 0 Å². The van der Waals surface area contributed by atoms with E-state index in [0.717, 1.165) is 30.8 Å². The Kier molecular flexibility index (Phi) is 6.32. The molecule has 0 aromatic heterocycles. The van der Waals surface area contributed by atoms with Gasteiger partial charge in [-0.25, -0.2) is 0 Å². The van der Waals surface area contributed by atoms with Crippen LogP contribution in [0, 0.1) is 0 Å². The Morgan fingerprint density at radius 1 is 1.07 bits per heavy atom. The van der Waals surface area contributed by atoms with Crippen molar-refractivity contribution in [3.8, 4) is 5.75 Å². The fraction of sp³-hybridized carbons (Fsp3) is 0.682. The van der Waals surface area contributed by atoms with Crippen LogP contribution in [0.4, 0.5) is 0 Å². The van der Waals surface area contributed by atoms with Gasteiger partial charge in [0.2, 0.25) is 5.91 Å². The summed E-state index contributed by atoms with van der Waals surface area (Å²) in [7, 11) is -0.353. The highest BCUT2D eigenvalue weighted by atomic mass is 16.7. The molecule has 7 heteroatoms. The molecule has 0 saturated carbocycles. The van der Waals surface area contributed by atoms with Crippen molar-refractivity contribution in [2.45, 2.75) is 71.8 Å². The first kappa shape index (κ1) is 22.1. The number of piperazine rings is 1. The Morgan fingerprint density at radius 2 is 1.59 bits per heavy atom. The zero-order chi connectivity index (χ0) is 21.4. The van der Waals surface area contributed by atoms with E-state index in [1.165, 1.54) is 0 Å². The van der Waals surface area contributed by atoms with Crippen molar-refractivity contribution in [3.05, 3.63) is 24.3 Å². The summed E-state index contributed by atoms with van der Waals surface area (Å²) in [4.78, 5) is 16.0. The number of hydrogen-bond acceptors (Lipinski definition) is 5. The van der Waals surface area contributed by atoms with E-state index in [1.807, 2.05) is 29.2 Å². The average molecular weight is 402 g/mol. The average Bonchev–Trinajstić information content (AvgIpc) is 2.85. The van der Waals surface area contributed by atoms with Crippen LogP contribution >= 0.6 is 0 Å². The van der Waals surface area contributed by atoms with Gasteiger partial charge in [0.25, 0.3) is 0 Å². The highest BCUT2D eigenvalue weighted by Crippen LogP contribution is 2.36. The van der Waals surface area contributed by atoms with Crippen LogP contribution in [-0.4, -0.2) is 72.4 Å². The number of ether oxygens (including phenoxy) is 1. The molecule has 160 valence electrons. The number of carbonyl (C=O) groups excluding carboxylic acids is 1. The van der Waals surface area contributed by atoms with Gasteiger partial charge in [0.1, 0.15) is 12.4 Å². The van der Waals surface area contributed by atoms with Crippen molar-refractivity contribution in [2.24, 2.45) is 0 Å². The van der Waals surface area contributed by atoms with Crippen molar-refractivity contribution in [3.63, 3.8) is 0 Å². The van der Waals surface area contributed by atoms with Gasteiger partial charge in [-0.1, -0.05) is 12.1 Å². The Bertz CT molecular complexity index is 694. The number of rotatable bonds is 5. The molecule has 0 bridgehead atoms. The summed E-state index contributed by atoms with van der Waals surface area (Å²) in [6.45, 7) is 17.2. The lowest BCUT2D eigenvalue weighted by Crippen LogP contribution is -2.58. The molecule has 0 spiro atoms. The topological polar surface area (TPSA) is 51.2 Å². The summed E-state index contributed by atoms with van der Waals surface area (Å²) in [5.41, 5.74) is 0.317. The van der Waals surface area contributed by atoms with Crippen molar-refractivity contribution < 1.29 is 18.8 Å². The molecular formula is C22H35BN2O4. The second kappa shape index (κ2) is 8.28. The van der Waals surface area contributed by atoms with Crippen LogP contribution in [0.5, 0.6) is 5.75 Å². The molecule has 2 atom stereocenters. The first-order valence-electron chi connectivity index (χ1n) is 10.6. The summed E-state index contributed by atoms with van der Waals surface area (Å²) in [6.07, 6.45) is 0. The monoisotopic (exact) mass is 402 g/mol. The fourth-order valence-electron chi connectivity index (χ4n) is 4.02. The van der Waals surface area contributed by atoms with Crippen LogP contribution in [0.15, 0.2) is 24.3 Å². The molecule has 2 aliphatic rings. The Morgan fingerprint density at radius 3 is 2.07 bits per heavy atom. The summed E-state index contributed by atoms with van der Waals surface area (Å²) >= 11 is 0. The summed E-state index contributed by atoms with van der Waals surface area (Å²) in [5.74, 6) is 0.995. The van der Waals surface area contributed by atoms with Gasteiger partial charge in [0.15, 0.2) is 0 Å². The number of amides is 1. The second-order valence-corrected chi connectivity index (χ2v) is 9.37. The predicted octanol–water partition coefficient (Wildman–Crippen LogP) is 2.31. The van der Waals surface area contributed by atoms with Crippen molar-refractivity contribution >= 4 is 18.5 Å². The quantitative estimate of drug-likeness (QED) is 0.708. The smallest absolute Gasteiger partial charge is 0.492 e. The van der Waals surface area contributed by atoms with Crippen LogP contribution in [0.3, 0.4) is 0 Å². The number of carbonyl (C=O) groups is 1. The van der Waals surface area contributed by atoms with Gasteiger partial charge in [-0.15, -0.1) is 0 Å². The molecule has 1 unspecified atom stereocenters. The van der Waals surface area contributed by atoms with Gasteiger partial charge in [-0.05, 0) is 59.1 Å². The lowest BCUT2D eigenvalue weighted by atomic mass is 9.79. The molecule has 1 amide bonds. The van der Waals surface area contributed by atoms with E-state index in [9.17, 15) is 4.79 Å². The standard InChI is InChI=1S/C22H35BN2O4/c1-16-14-24(18(3)26)15-17(2)25(16)12-13-27-20-10-8-19(9-11-20)23-28-21(4,5)22(6,7)29-23/h8-11,16-17H,12-15H2,1-7H3/t16-,17?/m1/s1. The summed E-state index contributed by atoms with van der Waals surface area (Å²) < 4.78 is 18.2. The first-order chi connectivity index (χ1) is 13.5. The number of nitrogens with zero attached hydrogens (tertiary/aromatic N) is 2. The molecule has 1 aromatic carbocycles. The summed E-state index contributed by atoms with van der Waals surface area (Å²) in [5, 5.41) is 0. The molecular weight excluding hydrogens is 367 g/mol. The largest absolute Gasteiger partial charge is 0.494 e. The molecule has 0 N–H and O–H groups in total. The first-order valence-corrected chi connectivity index (χ1v) is 10.6. The van der Waals surface area contributed by atoms with E-state index in [0.29, 0.717) is 18.7 Å². The third-order valence-electron chi connectivity index (χ3n) is 6.57. The molecule has 0 radical (unpaired) electrons. The lowest BCUT2D eigenvalue weighted by Gasteiger charge is -2.44. The van der Waals surface area contributed by atoms with Crippen LogP contribution in [0.25, 0.3) is 0 Å². The third kappa shape index (κ3) is 4.78. The molecule has 2 fully saturated rings. The van der Waals surface area contributed by atoms with E-state index in [2.05, 4.69) is 46.4 Å². The molecule has 0 aliphatic carbocycles. The van der Waals surface area contributed by atoms with Crippen molar-refractivity contribution in [1.82, 2.24) is 9.80 Å². The van der Waals surface area contributed by atoms with E-state index < -0.39 is 0 Å². The SMILES string of the molecule is CC(=O)N1CC(C)N(CCOc2ccc(B3OC(C)(C)C(C)(C)O3)cc2)[C@H](C)C1. The van der Waals surface area contributed by atoms with Crippen LogP contribution in [0.2, 0.25) is 0 Å². The molecule has 3 rings (SSSR count). The molecule has 2 heterocycles. The van der Waals surface area contributed by atoms with E-state index in [4.69, 9.17) is 14.0 Å². The normalized spacial score (nSPS) is 26.6. The Balaban J connectivity index is 1.51. The predicted molar refractivity (Wildman–Crippen MR) is 116 cm³/mol. The van der Waals surface area contributed by atoms with E-state index >= 15 is 0 Å². The number of hydrogen-bond donors (Lipinski definition) is 0. The molecule has 6 nitrogen and oxygen atoms in total. The lowest BCUT2D eigenvalue weighted by molar-refractivity contribution is -0.133. The van der Waals surface area contributed by atoms with Crippen LogP contribution in [0.1, 0.15) is 48.5 Å². The van der Waals surface area contributed by atoms with Gasteiger partial charge in [-0.3, -0.25) is 9.69 Å². The minimum Gasteiger partial charge on any atom is -0.492 e. The summed E-state index contributed by atoms with van der Waals surface area (Å²) in [6, 6.07) is 8.62. The minimum atomic E-state index is -0.353. The maximum Gasteiger partial charge on any atom is 0.494 e. The Hall–Kier alpha value is -1.57. The van der Waals surface area contributed by atoms with Crippen molar-refractivity contribution in [2.75, 3.05) is 26.2 Å². The highest BCUT2D eigenvalue weighted by molar-refractivity contribution is 6.62. The maximum absolute atomic E-state index is 11.7. The van der Waals surface area contributed by atoms with E-state index in [1.54, 1.807) is 6.92 Å². The molecule has 1 aromatic rings. The fourth-order valence-corrected chi connectivity index (χ4v) is 4.02. The van der Waals surface area contributed by atoms with Gasteiger partial charge in [0, 0.05) is 38.6 Å². The zero-order valence-corrected chi connectivity index (χ0v) is 18.9. The van der Waals surface area contributed by atoms with Crippen molar-refractivity contribution in [1.29, 1.82) is 0 Å². The molecule has 29 heavy (non-hydrogen) atoms. The van der Waals surface area contributed by atoms with Gasteiger partial charge < -0.3 is 18.9 Å². The second-order valence-electron chi connectivity index (χ2n) is 9.37.